The van der Waals surface area contributed by atoms with E-state index in [9.17, 15) is 14.4 Å². The van der Waals surface area contributed by atoms with Crippen molar-refractivity contribution >= 4 is 22.7 Å². The Morgan fingerprint density at radius 1 is 1.08 bits per heavy atom. The molecule has 0 spiro atoms. The van der Waals surface area contributed by atoms with E-state index in [1.54, 1.807) is 15.9 Å². The average Bonchev–Trinajstić information content (AvgIpc) is 2.67. The van der Waals surface area contributed by atoms with Crippen LogP contribution in [0.5, 0.6) is 0 Å². The van der Waals surface area contributed by atoms with Gasteiger partial charge in [-0.1, -0.05) is 19.1 Å². The Morgan fingerprint density at radius 2 is 1.73 bits per heavy atom. The van der Waals surface area contributed by atoms with Crippen molar-refractivity contribution in [1.82, 2.24) is 19.4 Å². The molecule has 1 aromatic carbocycles. The maximum atomic E-state index is 12.6. The number of aromatic nitrogens is 2. The molecule has 1 fully saturated rings. The molecule has 3 rings (SSSR count). The van der Waals surface area contributed by atoms with E-state index < -0.39 is 0 Å². The Balaban J connectivity index is 1.62. The molecule has 1 aromatic heterocycles. The van der Waals surface area contributed by atoms with Gasteiger partial charge in [0.15, 0.2) is 0 Å². The smallest absolute Gasteiger partial charge is 0.261 e. The predicted molar refractivity (Wildman–Crippen MR) is 98.8 cm³/mol. The van der Waals surface area contributed by atoms with Gasteiger partial charge in [0.1, 0.15) is 0 Å². The Kier molecular flexibility index (Phi) is 5.35. The molecule has 2 heterocycles. The minimum Gasteiger partial charge on any atom is -0.339 e. The number of para-hydroxylation sites is 1. The van der Waals surface area contributed by atoms with Crippen LogP contribution < -0.4 is 5.56 Å². The second kappa shape index (κ2) is 7.68. The molecule has 0 bridgehead atoms. The first-order chi connectivity index (χ1) is 12.5. The summed E-state index contributed by atoms with van der Waals surface area (Å²) in [6, 6.07) is 5.53. The molecular formula is C19H24N4O3. The van der Waals surface area contributed by atoms with E-state index >= 15 is 0 Å². The van der Waals surface area contributed by atoms with Crippen molar-refractivity contribution in [3.05, 3.63) is 40.4 Å². The van der Waals surface area contributed by atoms with Crippen molar-refractivity contribution in [3.63, 3.8) is 0 Å². The summed E-state index contributed by atoms with van der Waals surface area (Å²) in [5, 5.41) is 0.576. The normalized spacial score (nSPS) is 14.7. The van der Waals surface area contributed by atoms with Crippen molar-refractivity contribution < 1.29 is 9.59 Å². The van der Waals surface area contributed by atoms with Crippen LogP contribution in [0.4, 0.5) is 0 Å². The van der Waals surface area contributed by atoms with Gasteiger partial charge in [0.25, 0.3) is 5.56 Å². The molecule has 2 amide bonds. The van der Waals surface area contributed by atoms with Crippen LogP contribution in [0.1, 0.15) is 25.3 Å². The van der Waals surface area contributed by atoms with E-state index in [0.29, 0.717) is 50.0 Å². The first-order valence-corrected chi connectivity index (χ1v) is 9.01. The standard InChI is InChI=1S/C19H24N4O3/c1-3-16(24)21-9-11-22(12-10-21)17(25)7-8-23-13-20-18-14(2)5-4-6-15(18)19(23)26/h4-6,13H,3,7-12H2,1-2H3. The Morgan fingerprint density at radius 3 is 2.38 bits per heavy atom. The van der Waals surface area contributed by atoms with Crippen molar-refractivity contribution in [2.45, 2.75) is 33.2 Å². The molecule has 0 saturated carbocycles. The van der Waals surface area contributed by atoms with Crippen molar-refractivity contribution in [2.24, 2.45) is 0 Å². The van der Waals surface area contributed by atoms with Crippen molar-refractivity contribution in [3.8, 4) is 0 Å². The van der Waals surface area contributed by atoms with E-state index in [1.165, 1.54) is 10.9 Å². The number of carbonyl (C=O) groups is 2. The molecule has 1 aliphatic heterocycles. The maximum absolute atomic E-state index is 12.6. The van der Waals surface area contributed by atoms with Gasteiger partial charge in [-0.25, -0.2) is 4.98 Å². The van der Waals surface area contributed by atoms with Crippen molar-refractivity contribution in [1.29, 1.82) is 0 Å². The zero-order chi connectivity index (χ0) is 18.7. The van der Waals surface area contributed by atoms with Crippen LogP contribution in [0.3, 0.4) is 0 Å². The van der Waals surface area contributed by atoms with Crippen LogP contribution in [-0.4, -0.2) is 57.3 Å². The molecule has 1 aliphatic rings. The summed E-state index contributed by atoms with van der Waals surface area (Å²) in [7, 11) is 0. The number of hydrogen-bond donors (Lipinski definition) is 0. The number of piperazine rings is 1. The fourth-order valence-corrected chi connectivity index (χ4v) is 3.30. The molecule has 7 heteroatoms. The maximum Gasteiger partial charge on any atom is 0.261 e. The molecule has 26 heavy (non-hydrogen) atoms. The lowest BCUT2D eigenvalue weighted by Gasteiger charge is -2.34. The summed E-state index contributed by atoms with van der Waals surface area (Å²) in [6.07, 6.45) is 2.26. The first kappa shape index (κ1) is 18.1. The number of amides is 2. The summed E-state index contributed by atoms with van der Waals surface area (Å²) in [6.45, 7) is 6.33. The lowest BCUT2D eigenvalue weighted by molar-refractivity contribution is -0.139. The first-order valence-electron chi connectivity index (χ1n) is 9.01. The van der Waals surface area contributed by atoms with E-state index in [4.69, 9.17) is 0 Å². The number of hydrogen-bond acceptors (Lipinski definition) is 4. The third kappa shape index (κ3) is 3.61. The van der Waals surface area contributed by atoms with Gasteiger partial charge in [-0.15, -0.1) is 0 Å². The van der Waals surface area contributed by atoms with Gasteiger partial charge in [-0.2, -0.15) is 0 Å². The van der Waals surface area contributed by atoms with E-state index in [2.05, 4.69) is 4.98 Å². The minimum absolute atomic E-state index is 0.00448. The van der Waals surface area contributed by atoms with Crippen LogP contribution in [0.15, 0.2) is 29.3 Å². The summed E-state index contributed by atoms with van der Waals surface area (Å²) in [4.78, 5) is 44.6. The van der Waals surface area contributed by atoms with Crippen LogP contribution in [-0.2, 0) is 16.1 Å². The summed E-state index contributed by atoms with van der Waals surface area (Å²) in [5.41, 5.74) is 1.55. The molecule has 1 saturated heterocycles. The predicted octanol–water partition coefficient (Wildman–Crippen LogP) is 1.18. The lowest BCUT2D eigenvalue weighted by atomic mass is 10.1. The zero-order valence-electron chi connectivity index (χ0n) is 15.3. The molecule has 0 unspecified atom stereocenters. The highest BCUT2D eigenvalue weighted by Gasteiger charge is 2.23. The Bertz CT molecular complexity index is 882. The van der Waals surface area contributed by atoms with Gasteiger partial charge >= 0.3 is 0 Å². The molecule has 0 aliphatic carbocycles. The molecule has 2 aromatic rings. The fraction of sp³-hybridized carbons (Fsp3) is 0.474. The monoisotopic (exact) mass is 356 g/mol. The third-order valence-corrected chi connectivity index (χ3v) is 4.91. The highest BCUT2D eigenvalue weighted by molar-refractivity contribution is 5.80. The number of fused-ring (bicyclic) bond motifs is 1. The molecule has 0 radical (unpaired) electrons. The average molecular weight is 356 g/mol. The third-order valence-electron chi connectivity index (χ3n) is 4.91. The van der Waals surface area contributed by atoms with Crippen molar-refractivity contribution in [2.75, 3.05) is 26.2 Å². The van der Waals surface area contributed by atoms with Gasteiger partial charge < -0.3 is 9.80 Å². The van der Waals surface area contributed by atoms with E-state index in [0.717, 1.165) is 5.56 Å². The Labute approximate surface area is 152 Å². The van der Waals surface area contributed by atoms with Gasteiger partial charge in [0, 0.05) is 45.6 Å². The number of aryl methyl sites for hydroxylation is 2. The van der Waals surface area contributed by atoms with Crippen LogP contribution >= 0.6 is 0 Å². The van der Waals surface area contributed by atoms with Crippen LogP contribution in [0.2, 0.25) is 0 Å². The summed E-state index contributed by atoms with van der Waals surface area (Å²) in [5.74, 6) is 0.131. The highest BCUT2D eigenvalue weighted by Crippen LogP contribution is 2.11. The largest absolute Gasteiger partial charge is 0.339 e. The highest BCUT2D eigenvalue weighted by atomic mass is 16.2. The molecular weight excluding hydrogens is 332 g/mol. The topological polar surface area (TPSA) is 75.5 Å². The van der Waals surface area contributed by atoms with E-state index in [-0.39, 0.29) is 23.8 Å². The minimum atomic E-state index is -0.120. The number of rotatable bonds is 4. The molecule has 0 N–H and O–H groups in total. The van der Waals surface area contributed by atoms with Gasteiger partial charge in [-0.05, 0) is 18.6 Å². The quantitative estimate of drug-likeness (QED) is 0.824. The fourth-order valence-electron chi connectivity index (χ4n) is 3.30. The number of carbonyl (C=O) groups excluding carboxylic acids is 2. The van der Waals surface area contributed by atoms with Gasteiger partial charge in [0.05, 0.1) is 17.2 Å². The van der Waals surface area contributed by atoms with Gasteiger partial charge in [0.2, 0.25) is 11.8 Å². The number of benzene rings is 1. The Hall–Kier alpha value is -2.70. The summed E-state index contributed by atoms with van der Waals surface area (Å²) >= 11 is 0. The lowest BCUT2D eigenvalue weighted by Crippen LogP contribution is -2.50. The second-order valence-corrected chi connectivity index (χ2v) is 6.58. The van der Waals surface area contributed by atoms with E-state index in [1.807, 2.05) is 26.0 Å². The molecule has 7 nitrogen and oxygen atoms in total. The van der Waals surface area contributed by atoms with Crippen LogP contribution in [0.25, 0.3) is 10.9 Å². The number of nitrogens with zero attached hydrogens (tertiary/aromatic N) is 4. The second-order valence-electron chi connectivity index (χ2n) is 6.58. The van der Waals surface area contributed by atoms with Crippen LogP contribution in [0, 0.1) is 6.92 Å². The molecule has 138 valence electrons. The zero-order valence-corrected chi connectivity index (χ0v) is 15.3. The SMILES string of the molecule is CCC(=O)N1CCN(C(=O)CCn2cnc3c(C)cccc3c2=O)CC1. The molecule has 0 atom stereocenters. The summed E-state index contributed by atoms with van der Waals surface area (Å²) < 4.78 is 1.50. The van der Waals surface area contributed by atoms with Gasteiger partial charge in [-0.3, -0.25) is 19.0 Å².